The van der Waals surface area contributed by atoms with Crippen LogP contribution in [0, 0.1) is 13.8 Å². The zero-order valence-corrected chi connectivity index (χ0v) is 20.7. The third-order valence-corrected chi connectivity index (χ3v) is 9.53. The Labute approximate surface area is 215 Å². The normalized spacial score (nSPS) is 38.4. The molecule has 0 N–H and O–H groups in total. The Balaban J connectivity index is 1.44. The number of fused-ring (bicyclic) bond motifs is 10. The highest BCUT2D eigenvalue weighted by atomic mass is 15.2. The van der Waals surface area contributed by atoms with Gasteiger partial charge in [-0.3, -0.25) is 0 Å². The molecule has 2 saturated carbocycles. The van der Waals surface area contributed by atoms with Gasteiger partial charge in [-0.2, -0.15) is 0 Å². The molecule has 2 fully saturated rings. The Morgan fingerprint density at radius 2 is 1.20 bits per heavy atom. The van der Waals surface area contributed by atoms with Crippen molar-refractivity contribution in [3.63, 3.8) is 0 Å². The van der Waals surface area contributed by atoms with Crippen LogP contribution < -0.4 is 26.2 Å². The first-order chi connectivity index (χ1) is 18.6. The van der Waals surface area contributed by atoms with E-state index in [2.05, 4.69) is 66.1 Å². The van der Waals surface area contributed by atoms with Gasteiger partial charge in [-0.1, -0.05) is 67.1 Å². The zero-order chi connectivity index (χ0) is 26.7. The van der Waals surface area contributed by atoms with Crippen molar-refractivity contribution in [3.05, 3.63) is 64.7 Å². The van der Waals surface area contributed by atoms with Crippen LogP contribution in [0.15, 0.2) is 42.5 Å². The Morgan fingerprint density at radius 3 is 1.71 bits per heavy atom. The number of benzene rings is 3. The minimum absolute atomic E-state index is 0.0225. The van der Waals surface area contributed by atoms with E-state index in [-0.39, 0.29) is 6.71 Å². The van der Waals surface area contributed by atoms with Gasteiger partial charge in [-0.25, -0.2) is 0 Å². The molecule has 0 radical (unpaired) electrons. The van der Waals surface area contributed by atoms with Crippen molar-refractivity contribution in [1.82, 2.24) is 0 Å². The largest absolute Gasteiger partial charge is 0.338 e. The smallest absolute Gasteiger partial charge is 0.252 e. The highest BCUT2D eigenvalue weighted by Crippen LogP contribution is 2.56. The van der Waals surface area contributed by atoms with Crippen LogP contribution in [0.5, 0.6) is 0 Å². The van der Waals surface area contributed by atoms with Gasteiger partial charge in [-0.15, -0.1) is 0 Å². The zero-order valence-electron chi connectivity index (χ0n) is 24.7. The summed E-state index contributed by atoms with van der Waals surface area (Å²) in [6, 6.07) is 13.3. The van der Waals surface area contributed by atoms with E-state index < -0.39 is 23.8 Å². The summed E-state index contributed by atoms with van der Waals surface area (Å²) in [6.07, 6.45) is 6.70. The number of anilines is 4. The molecule has 35 heavy (non-hydrogen) atoms. The Bertz CT molecular complexity index is 1540. The van der Waals surface area contributed by atoms with Gasteiger partial charge in [0, 0.05) is 49.3 Å². The molecule has 2 nitrogen and oxygen atoms in total. The van der Waals surface area contributed by atoms with Crippen LogP contribution >= 0.6 is 0 Å². The first-order valence-electron chi connectivity index (χ1n) is 15.7. The van der Waals surface area contributed by atoms with E-state index in [1.165, 1.54) is 16.4 Å². The lowest BCUT2D eigenvalue weighted by Gasteiger charge is -2.45. The summed E-state index contributed by atoms with van der Waals surface area (Å²) >= 11 is 0. The van der Waals surface area contributed by atoms with E-state index in [0.717, 1.165) is 70.7 Å². The van der Waals surface area contributed by atoms with E-state index >= 15 is 0 Å². The Kier molecular flexibility index (Phi) is 3.02. The molecule has 4 unspecified atom stereocenters. The number of hydrogen-bond donors (Lipinski definition) is 0. The first-order valence-corrected chi connectivity index (χ1v) is 13.7. The van der Waals surface area contributed by atoms with E-state index in [0.29, 0.717) is 25.7 Å². The van der Waals surface area contributed by atoms with Crippen LogP contribution in [0.4, 0.5) is 22.7 Å². The highest BCUT2D eigenvalue weighted by molar-refractivity contribution is 7.00. The minimum Gasteiger partial charge on any atom is -0.338 e. The monoisotopic (exact) mass is 460 g/mol. The van der Waals surface area contributed by atoms with Gasteiger partial charge < -0.3 is 9.80 Å². The molecule has 4 heterocycles. The predicted molar refractivity (Wildman–Crippen MR) is 148 cm³/mol. The molecule has 3 heteroatoms. The summed E-state index contributed by atoms with van der Waals surface area (Å²) in [5.41, 5.74) is 12.2. The van der Waals surface area contributed by atoms with Crippen LogP contribution in [0.2, 0.25) is 0 Å². The van der Waals surface area contributed by atoms with E-state index in [1.54, 1.807) is 0 Å². The lowest BCUT2D eigenvalue weighted by atomic mass is 9.33. The predicted octanol–water partition coefficient (Wildman–Crippen LogP) is 5.80. The number of aryl methyl sites for hydroxylation is 2. The fraction of sp³-hybridized carbons (Fsp3) is 0.438. The van der Waals surface area contributed by atoms with Crippen LogP contribution in [0.1, 0.15) is 90.9 Å². The molecule has 0 amide bonds. The molecule has 174 valence electrons. The molecule has 4 atom stereocenters. The van der Waals surface area contributed by atoms with Gasteiger partial charge in [0.05, 0.1) is 2.74 Å². The van der Waals surface area contributed by atoms with Crippen molar-refractivity contribution in [3.8, 4) is 0 Å². The van der Waals surface area contributed by atoms with Gasteiger partial charge in [0.15, 0.2) is 0 Å². The third-order valence-electron chi connectivity index (χ3n) is 9.53. The second-order valence-electron chi connectivity index (χ2n) is 11.6. The molecule has 3 aromatic carbocycles. The maximum Gasteiger partial charge on any atom is 0.252 e. The van der Waals surface area contributed by atoms with Crippen LogP contribution in [0.25, 0.3) is 0 Å². The van der Waals surface area contributed by atoms with Crippen molar-refractivity contribution in [2.24, 2.45) is 0 Å². The molecule has 6 aliphatic rings. The average Bonchev–Trinajstić information content (AvgIpc) is 3.24. The summed E-state index contributed by atoms with van der Waals surface area (Å²) in [7, 11) is 0. The van der Waals surface area contributed by atoms with E-state index in [1.807, 2.05) is 0 Å². The second kappa shape index (κ2) is 6.55. The number of rotatable bonds is 0. The summed E-state index contributed by atoms with van der Waals surface area (Å²) in [4.78, 5) is 4.48. The first kappa shape index (κ1) is 16.1. The Hall–Kier alpha value is -2.68. The fourth-order valence-electron chi connectivity index (χ4n) is 8.37. The van der Waals surface area contributed by atoms with Crippen molar-refractivity contribution in [1.29, 1.82) is 0 Å². The number of hydrogen-bond acceptors (Lipinski definition) is 2. The van der Waals surface area contributed by atoms with Crippen molar-refractivity contribution >= 4 is 45.9 Å². The molecule has 0 aromatic heterocycles. The maximum absolute atomic E-state index is 9.98. The van der Waals surface area contributed by atoms with Crippen molar-refractivity contribution in [2.75, 3.05) is 9.80 Å². The topological polar surface area (TPSA) is 6.48 Å². The van der Waals surface area contributed by atoms with Crippen molar-refractivity contribution < 1.29 is 5.48 Å². The Morgan fingerprint density at radius 1 is 0.714 bits per heavy atom. The summed E-state index contributed by atoms with van der Waals surface area (Å²) in [6.45, 7) is 4.26. The lowest BCUT2D eigenvalue weighted by molar-refractivity contribution is 0.401. The lowest BCUT2D eigenvalue weighted by Crippen LogP contribution is -2.63. The van der Waals surface area contributed by atoms with Crippen LogP contribution in [0.3, 0.4) is 0 Å². The SMILES string of the molecule is [2H]C12CCCCC1([2H])N1c3cccc4c3B(c3cc(C)cc2c31)c1cc(C)cc2c1N4C1([2H])CCCCC21[2H]. The summed E-state index contributed by atoms with van der Waals surface area (Å²) in [5, 5.41) is 0. The van der Waals surface area contributed by atoms with Gasteiger partial charge in [-0.05, 0) is 79.2 Å². The van der Waals surface area contributed by atoms with E-state index in [4.69, 9.17) is 0 Å². The molecule has 9 rings (SSSR count). The van der Waals surface area contributed by atoms with Gasteiger partial charge in [0.2, 0.25) is 0 Å². The molecule has 0 saturated heterocycles. The molecule has 4 aliphatic heterocycles. The third kappa shape index (κ3) is 2.25. The van der Waals surface area contributed by atoms with E-state index in [9.17, 15) is 5.48 Å². The number of nitrogens with zero attached hydrogens (tertiary/aromatic N) is 2. The second-order valence-corrected chi connectivity index (χ2v) is 11.6. The summed E-state index contributed by atoms with van der Waals surface area (Å²) < 4.78 is 39.7. The molecular weight excluding hydrogens is 423 g/mol. The van der Waals surface area contributed by atoms with Crippen molar-refractivity contribution in [2.45, 2.75) is 89.0 Å². The summed E-state index contributed by atoms with van der Waals surface area (Å²) in [5.74, 6) is -1.93. The van der Waals surface area contributed by atoms with Crippen LogP contribution in [-0.4, -0.2) is 18.7 Å². The standard InChI is InChI=1S/C32H33BN2/c1-18-14-22-20-8-3-5-10-26(20)34-28-12-7-13-29-30(28)33(24(16-18)31(22)34)25-17-19(2)15-23-21-9-4-6-11-27(21)35(29)32(23)25/h7,12-17,20-21,26-27H,3-6,8-11H2,1-2H3/i20D,21D,26D,27D. The quantitative estimate of drug-likeness (QED) is 0.391. The molecule has 3 aromatic rings. The molecular formula is C32H33BN2. The average molecular weight is 460 g/mol. The molecule has 0 spiro atoms. The minimum atomic E-state index is -1.05. The fourth-order valence-corrected chi connectivity index (χ4v) is 8.37. The highest BCUT2D eigenvalue weighted by Gasteiger charge is 2.53. The van der Waals surface area contributed by atoms with Crippen LogP contribution in [-0.2, 0) is 0 Å². The molecule has 0 bridgehead atoms. The maximum atomic E-state index is 9.98. The van der Waals surface area contributed by atoms with Gasteiger partial charge in [0.25, 0.3) is 6.71 Å². The molecule has 2 aliphatic carbocycles. The van der Waals surface area contributed by atoms with Gasteiger partial charge >= 0.3 is 0 Å². The van der Waals surface area contributed by atoms with Gasteiger partial charge in [0.1, 0.15) is 0 Å².